The first-order valence-corrected chi connectivity index (χ1v) is 21.6. The summed E-state index contributed by atoms with van der Waals surface area (Å²) < 4.78 is 0. The number of hydrogen-bond donors (Lipinski definition) is 0. The topological polar surface area (TPSA) is 25.8 Å². The predicted octanol–water partition coefficient (Wildman–Crippen LogP) is 16.0. The molecule has 12 rings (SSSR count). The van der Waals surface area contributed by atoms with Crippen molar-refractivity contribution in [3.05, 3.63) is 253 Å². The monoisotopic (exact) mass is 800 g/mol. The molecule has 63 heavy (non-hydrogen) atoms. The lowest BCUT2D eigenvalue weighted by molar-refractivity contribution is 1.09. The van der Waals surface area contributed by atoms with Gasteiger partial charge in [-0.1, -0.05) is 207 Å². The van der Waals surface area contributed by atoms with Crippen LogP contribution in [0.4, 0.5) is 0 Å². The lowest BCUT2D eigenvalue weighted by Gasteiger charge is -2.29. The van der Waals surface area contributed by atoms with E-state index in [1.807, 2.05) is 12.1 Å². The molecule has 1 aliphatic rings. The minimum Gasteiger partial charge on any atom is -0.245 e. The van der Waals surface area contributed by atoms with Gasteiger partial charge in [0.05, 0.1) is 22.4 Å². The quantitative estimate of drug-likeness (QED) is 0.157. The van der Waals surface area contributed by atoms with E-state index in [0.717, 1.165) is 55.5 Å². The van der Waals surface area contributed by atoms with Gasteiger partial charge >= 0.3 is 0 Å². The second kappa shape index (κ2) is 15.1. The minimum absolute atomic E-state index is 0.0394. The molecule has 2 aromatic heterocycles. The first kappa shape index (κ1) is 36.6. The molecule has 2 nitrogen and oxygen atoms in total. The number of nitrogens with zero attached hydrogens (tertiary/aromatic N) is 2. The van der Waals surface area contributed by atoms with Crippen molar-refractivity contribution in [3.63, 3.8) is 0 Å². The molecule has 1 aliphatic carbocycles. The van der Waals surface area contributed by atoms with E-state index in [9.17, 15) is 0 Å². The fourth-order valence-electron chi connectivity index (χ4n) is 9.79. The van der Waals surface area contributed by atoms with E-state index in [1.165, 1.54) is 66.1 Å². The van der Waals surface area contributed by atoms with E-state index in [4.69, 9.17) is 16.5 Å². The average molecular weight is 801 g/mol. The molecule has 0 radical (unpaired) electrons. The number of benzene rings is 9. The van der Waals surface area contributed by atoms with Crippen LogP contribution in [-0.2, 0) is 0 Å². The van der Waals surface area contributed by atoms with Gasteiger partial charge in [0.2, 0.25) is 0 Å². The average Bonchev–Trinajstić information content (AvgIpc) is 3.36. The van der Waals surface area contributed by atoms with Crippen molar-refractivity contribution < 1.29 is 0 Å². The molecular formula is C61H40N2. The van der Waals surface area contributed by atoms with E-state index in [0.29, 0.717) is 0 Å². The van der Waals surface area contributed by atoms with Crippen molar-refractivity contribution in [2.75, 3.05) is 0 Å². The SMILES string of the molecule is C=C1c2ccc3ccccc3c2C(c2ccccc2)=CC1c1ccc(-c2ccc(-c3cc4ccc(-c5ccccc5)nc4c4nc(-c5ccccc5)ccc34)c3ccccc23)cc1. The Morgan fingerprint density at radius 2 is 0.889 bits per heavy atom. The zero-order chi connectivity index (χ0) is 41.9. The lowest BCUT2D eigenvalue weighted by Crippen LogP contribution is -2.09. The van der Waals surface area contributed by atoms with Gasteiger partial charge in [0.25, 0.3) is 0 Å². The van der Waals surface area contributed by atoms with E-state index >= 15 is 0 Å². The van der Waals surface area contributed by atoms with Crippen LogP contribution in [0.15, 0.2) is 231 Å². The number of hydrogen-bond acceptors (Lipinski definition) is 2. The summed E-state index contributed by atoms with van der Waals surface area (Å²) in [5, 5.41) is 7.03. The van der Waals surface area contributed by atoms with Crippen molar-refractivity contribution >= 4 is 54.5 Å². The summed E-state index contributed by atoms with van der Waals surface area (Å²) in [6, 6.07) is 78.3. The zero-order valence-corrected chi connectivity index (χ0v) is 34.5. The van der Waals surface area contributed by atoms with Crippen LogP contribution in [-0.4, -0.2) is 9.97 Å². The van der Waals surface area contributed by atoms with Crippen LogP contribution < -0.4 is 0 Å². The van der Waals surface area contributed by atoms with Gasteiger partial charge in [-0.25, -0.2) is 9.97 Å². The van der Waals surface area contributed by atoms with Crippen LogP contribution in [0, 0.1) is 0 Å². The third kappa shape index (κ3) is 6.26. The third-order valence-corrected chi connectivity index (χ3v) is 12.9. The Kier molecular flexibility index (Phi) is 8.76. The summed E-state index contributed by atoms with van der Waals surface area (Å²) in [6.07, 6.45) is 2.43. The van der Waals surface area contributed by atoms with Crippen molar-refractivity contribution in [2.24, 2.45) is 0 Å². The van der Waals surface area contributed by atoms with Crippen molar-refractivity contribution in [1.82, 2.24) is 9.97 Å². The van der Waals surface area contributed by atoms with Crippen LogP contribution in [0.1, 0.15) is 28.2 Å². The maximum Gasteiger partial charge on any atom is 0.0978 e. The first-order valence-electron chi connectivity index (χ1n) is 21.6. The molecular weight excluding hydrogens is 761 g/mol. The molecule has 0 bridgehead atoms. The standard InChI is InChI=1S/C61H40N2/c1-39-47-31-29-41-17-11-12-22-49(41)59(47)55(40-15-5-2-6-16-40)38-54(39)43-27-25-42(26-28-43)48-32-33-52(51-24-14-13-23-50(48)51)56-37-46-30-35-57(44-18-7-3-8-19-44)62-60(46)61-53(56)34-36-58(63-61)45-20-9-4-10-21-45/h2-38,54H,1H2. The molecule has 0 amide bonds. The summed E-state index contributed by atoms with van der Waals surface area (Å²) in [7, 11) is 0. The normalized spacial score (nSPS) is 13.7. The van der Waals surface area contributed by atoms with Crippen LogP contribution in [0.5, 0.6) is 0 Å². The molecule has 1 unspecified atom stereocenters. The van der Waals surface area contributed by atoms with Gasteiger partial charge in [-0.15, -0.1) is 0 Å². The number of rotatable bonds is 6. The highest BCUT2D eigenvalue weighted by Gasteiger charge is 2.27. The van der Waals surface area contributed by atoms with Crippen LogP contribution in [0.25, 0.3) is 99.3 Å². The van der Waals surface area contributed by atoms with Crippen molar-refractivity contribution in [3.8, 4) is 44.8 Å². The van der Waals surface area contributed by atoms with Gasteiger partial charge in [-0.2, -0.15) is 0 Å². The highest BCUT2D eigenvalue weighted by molar-refractivity contribution is 6.16. The van der Waals surface area contributed by atoms with Crippen LogP contribution in [0.2, 0.25) is 0 Å². The third-order valence-electron chi connectivity index (χ3n) is 12.9. The summed E-state index contributed by atoms with van der Waals surface area (Å²) in [4.78, 5) is 10.6. The van der Waals surface area contributed by atoms with Crippen molar-refractivity contribution in [1.29, 1.82) is 0 Å². The summed E-state index contributed by atoms with van der Waals surface area (Å²) in [5.74, 6) is 0.0394. The Hall–Kier alpha value is -8.20. The van der Waals surface area contributed by atoms with E-state index in [-0.39, 0.29) is 5.92 Å². The smallest absolute Gasteiger partial charge is 0.0978 e. The predicted molar refractivity (Wildman–Crippen MR) is 266 cm³/mol. The molecule has 1 atom stereocenters. The highest BCUT2D eigenvalue weighted by Crippen LogP contribution is 2.47. The molecule has 9 aromatic carbocycles. The number of pyridine rings is 2. The maximum atomic E-state index is 5.37. The van der Waals surface area contributed by atoms with Gasteiger partial charge in [0.1, 0.15) is 0 Å². The maximum absolute atomic E-state index is 5.37. The largest absolute Gasteiger partial charge is 0.245 e. The number of allylic oxidation sites excluding steroid dienone is 2. The Balaban J connectivity index is 0.969. The Morgan fingerprint density at radius 3 is 1.59 bits per heavy atom. The minimum atomic E-state index is 0.0394. The fraction of sp³-hybridized carbons (Fsp3) is 0.0164. The molecule has 0 saturated heterocycles. The second-order valence-electron chi connectivity index (χ2n) is 16.5. The van der Waals surface area contributed by atoms with Gasteiger partial charge in [-0.05, 0) is 101 Å². The number of aromatic nitrogens is 2. The van der Waals surface area contributed by atoms with Crippen LogP contribution in [0.3, 0.4) is 0 Å². The van der Waals surface area contributed by atoms with Gasteiger partial charge in [-0.3, -0.25) is 0 Å². The summed E-state index contributed by atoms with van der Waals surface area (Å²) in [6.45, 7) is 4.73. The van der Waals surface area contributed by atoms with E-state index in [1.54, 1.807) is 0 Å². The molecule has 0 N–H and O–H groups in total. The zero-order valence-electron chi connectivity index (χ0n) is 34.5. The van der Waals surface area contributed by atoms with Gasteiger partial charge < -0.3 is 0 Å². The Bertz CT molecular complexity index is 3610. The Morgan fingerprint density at radius 1 is 0.349 bits per heavy atom. The second-order valence-corrected chi connectivity index (χ2v) is 16.5. The van der Waals surface area contributed by atoms with Gasteiger partial charge in [0, 0.05) is 27.8 Å². The molecule has 11 aromatic rings. The van der Waals surface area contributed by atoms with E-state index in [2.05, 4.69) is 212 Å². The van der Waals surface area contributed by atoms with Gasteiger partial charge in [0.15, 0.2) is 0 Å². The number of fused-ring (bicyclic) bond motifs is 7. The first-order chi connectivity index (χ1) is 31.2. The molecule has 294 valence electrons. The molecule has 0 saturated carbocycles. The highest BCUT2D eigenvalue weighted by atomic mass is 14.8. The fourth-order valence-corrected chi connectivity index (χ4v) is 9.79. The van der Waals surface area contributed by atoms with E-state index < -0.39 is 0 Å². The molecule has 0 fully saturated rings. The summed E-state index contributed by atoms with van der Waals surface area (Å²) in [5.41, 5.74) is 17.8. The molecule has 0 aliphatic heterocycles. The Labute approximate surface area is 366 Å². The molecule has 0 spiro atoms. The van der Waals surface area contributed by atoms with Crippen LogP contribution >= 0.6 is 0 Å². The lowest BCUT2D eigenvalue weighted by atomic mass is 9.75. The molecule has 2 heteroatoms. The summed E-state index contributed by atoms with van der Waals surface area (Å²) >= 11 is 0. The van der Waals surface area contributed by atoms with Crippen molar-refractivity contribution in [2.45, 2.75) is 5.92 Å². The molecule has 2 heterocycles.